The molecule has 0 aromatic carbocycles. The summed E-state index contributed by atoms with van der Waals surface area (Å²) in [5, 5.41) is 2.19. The molecule has 1 nitrogen and oxygen atoms in total. The van der Waals surface area contributed by atoms with Crippen LogP contribution in [0.4, 0.5) is 0 Å². The van der Waals surface area contributed by atoms with E-state index in [1.165, 1.54) is 10.4 Å². The molecule has 0 aliphatic heterocycles. The molecule has 1 heterocycles. The number of hydrogen-bond acceptors (Lipinski definition) is 2. The molecule has 68 valence electrons. The van der Waals surface area contributed by atoms with E-state index in [0.717, 1.165) is 13.2 Å². The van der Waals surface area contributed by atoms with Gasteiger partial charge < -0.3 is 4.74 Å². The molecule has 0 N–H and O–H groups in total. The number of ether oxygens (including phenoxy) is 1. The normalized spacial score (nSPS) is 11.0. The van der Waals surface area contributed by atoms with Gasteiger partial charge in [0.05, 0.1) is 6.61 Å². The van der Waals surface area contributed by atoms with Crippen LogP contribution in [0.25, 0.3) is 0 Å². The van der Waals surface area contributed by atoms with E-state index >= 15 is 0 Å². The maximum atomic E-state index is 5.32. The predicted octanol–water partition coefficient (Wildman–Crippen LogP) is 3.41. The van der Waals surface area contributed by atoms with Crippen LogP contribution in [-0.4, -0.2) is 6.61 Å². The summed E-state index contributed by atoms with van der Waals surface area (Å²) in [6.45, 7) is 8.02. The van der Waals surface area contributed by atoms with E-state index in [2.05, 4.69) is 25.3 Å². The lowest BCUT2D eigenvalue weighted by molar-refractivity contribution is 0.134. The molecule has 0 fully saturated rings. The monoisotopic (exact) mass is 184 g/mol. The Labute approximate surface area is 78.4 Å². The maximum Gasteiger partial charge on any atom is 0.0724 e. The maximum absolute atomic E-state index is 5.32. The third-order valence-corrected chi connectivity index (χ3v) is 3.00. The van der Waals surface area contributed by atoms with Crippen molar-refractivity contribution in [1.29, 1.82) is 0 Å². The van der Waals surface area contributed by atoms with Crippen LogP contribution in [0.3, 0.4) is 0 Å². The molecule has 1 rings (SSSR count). The van der Waals surface area contributed by atoms with Crippen molar-refractivity contribution in [2.24, 2.45) is 0 Å². The van der Waals surface area contributed by atoms with Gasteiger partial charge in [-0.25, -0.2) is 0 Å². The Morgan fingerprint density at radius 2 is 2.25 bits per heavy atom. The summed E-state index contributed by atoms with van der Waals surface area (Å²) in [5.41, 5.74) is 1.31. The number of hydrogen-bond donors (Lipinski definition) is 0. The second-order valence-corrected chi connectivity index (χ2v) is 4.09. The Kier molecular flexibility index (Phi) is 3.76. The molecule has 0 saturated carbocycles. The summed E-state index contributed by atoms with van der Waals surface area (Å²) in [4.78, 5) is 1.45. The molecule has 0 saturated heterocycles. The first kappa shape index (κ1) is 9.75. The summed E-state index contributed by atoms with van der Waals surface area (Å²) in [7, 11) is 0. The molecule has 12 heavy (non-hydrogen) atoms. The molecular formula is C10H16OS. The summed E-state index contributed by atoms with van der Waals surface area (Å²) < 4.78 is 5.32. The molecule has 0 bridgehead atoms. The Balaban J connectivity index is 2.52. The van der Waals surface area contributed by atoms with Crippen molar-refractivity contribution in [2.75, 3.05) is 6.61 Å². The Hall–Kier alpha value is -0.340. The largest absolute Gasteiger partial charge is 0.377 e. The van der Waals surface area contributed by atoms with Gasteiger partial charge in [0.2, 0.25) is 0 Å². The predicted molar refractivity (Wildman–Crippen MR) is 53.7 cm³/mol. The van der Waals surface area contributed by atoms with Gasteiger partial charge in [-0.05, 0) is 29.9 Å². The van der Waals surface area contributed by atoms with E-state index in [-0.39, 0.29) is 0 Å². The fourth-order valence-electron chi connectivity index (χ4n) is 0.993. The van der Waals surface area contributed by atoms with Crippen LogP contribution in [0, 0.1) is 0 Å². The Morgan fingerprint density at radius 3 is 2.75 bits per heavy atom. The SMILES string of the molecule is CCOCc1csc(C(C)C)c1. The lowest BCUT2D eigenvalue weighted by atomic mass is 10.1. The van der Waals surface area contributed by atoms with Crippen LogP contribution in [0.1, 0.15) is 37.1 Å². The second-order valence-electron chi connectivity index (χ2n) is 3.15. The summed E-state index contributed by atoms with van der Waals surface area (Å²) >= 11 is 1.83. The van der Waals surface area contributed by atoms with Crippen LogP contribution in [0.15, 0.2) is 11.4 Å². The van der Waals surface area contributed by atoms with E-state index in [9.17, 15) is 0 Å². The highest BCUT2D eigenvalue weighted by molar-refractivity contribution is 7.10. The highest BCUT2D eigenvalue weighted by Crippen LogP contribution is 2.23. The van der Waals surface area contributed by atoms with Gasteiger partial charge in [0.25, 0.3) is 0 Å². The van der Waals surface area contributed by atoms with Crippen molar-refractivity contribution in [1.82, 2.24) is 0 Å². The van der Waals surface area contributed by atoms with Crippen LogP contribution in [0.2, 0.25) is 0 Å². The van der Waals surface area contributed by atoms with E-state index in [4.69, 9.17) is 4.74 Å². The molecule has 0 unspecified atom stereocenters. The van der Waals surface area contributed by atoms with Crippen molar-refractivity contribution < 1.29 is 4.74 Å². The second kappa shape index (κ2) is 4.63. The lowest BCUT2D eigenvalue weighted by Crippen LogP contribution is -1.89. The first-order valence-electron chi connectivity index (χ1n) is 4.39. The van der Waals surface area contributed by atoms with Gasteiger partial charge in [0.1, 0.15) is 0 Å². The Bertz CT molecular complexity index is 227. The van der Waals surface area contributed by atoms with Crippen LogP contribution in [-0.2, 0) is 11.3 Å². The van der Waals surface area contributed by atoms with Gasteiger partial charge in [-0.15, -0.1) is 11.3 Å². The smallest absolute Gasteiger partial charge is 0.0724 e. The number of thiophene rings is 1. The average molecular weight is 184 g/mol. The summed E-state index contributed by atoms with van der Waals surface area (Å²) in [5.74, 6) is 0.644. The van der Waals surface area contributed by atoms with Crippen molar-refractivity contribution in [3.63, 3.8) is 0 Å². The van der Waals surface area contributed by atoms with Gasteiger partial charge in [0, 0.05) is 11.5 Å². The third-order valence-electron chi connectivity index (χ3n) is 1.72. The highest BCUT2D eigenvalue weighted by Gasteiger charge is 2.02. The molecule has 1 aromatic rings. The molecule has 0 aliphatic rings. The van der Waals surface area contributed by atoms with E-state index < -0.39 is 0 Å². The van der Waals surface area contributed by atoms with Gasteiger partial charge in [-0.3, -0.25) is 0 Å². The zero-order valence-corrected chi connectivity index (χ0v) is 8.78. The van der Waals surface area contributed by atoms with Crippen LogP contribution >= 0.6 is 11.3 Å². The molecule has 0 radical (unpaired) electrons. The zero-order valence-electron chi connectivity index (χ0n) is 7.96. The molecule has 0 amide bonds. The fourth-order valence-corrected chi connectivity index (χ4v) is 1.91. The molecule has 2 heteroatoms. The first-order valence-corrected chi connectivity index (χ1v) is 5.27. The Morgan fingerprint density at radius 1 is 1.50 bits per heavy atom. The van der Waals surface area contributed by atoms with E-state index in [1.54, 1.807) is 0 Å². The quantitative estimate of drug-likeness (QED) is 0.696. The van der Waals surface area contributed by atoms with E-state index in [0.29, 0.717) is 5.92 Å². The highest BCUT2D eigenvalue weighted by atomic mass is 32.1. The minimum atomic E-state index is 0.644. The molecule has 0 aliphatic carbocycles. The lowest BCUT2D eigenvalue weighted by Gasteiger charge is -1.98. The average Bonchev–Trinajstić information content (AvgIpc) is 2.48. The van der Waals surface area contributed by atoms with Crippen molar-refractivity contribution in [2.45, 2.75) is 33.3 Å². The van der Waals surface area contributed by atoms with E-state index in [1.807, 2.05) is 18.3 Å². The third kappa shape index (κ3) is 2.61. The number of rotatable bonds is 4. The van der Waals surface area contributed by atoms with Gasteiger partial charge in [-0.1, -0.05) is 13.8 Å². The van der Waals surface area contributed by atoms with Gasteiger partial charge in [-0.2, -0.15) is 0 Å². The molecule has 0 spiro atoms. The minimum Gasteiger partial charge on any atom is -0.377 e. The minimum absolute atomic E-state index is 0.644. The topological polar surface area (TPSA) is 9.23 Å². The first-order chi connectivity index (χ1) is 5.74. The summed E-state index contributed by atoms with van der Waals surface area (Å²) in [6, 6.07) is 2.24. The summed E-state index contributed by atoms with van der Waals surface area (Å²) in [6.07, 6.45) is 0. The van der Waals surface area contributed by atoms with Crippen molar-refractivity contribution in [3.8, 4) is 0 Å². The van der Waals surface area contributed by atoms with Crippen molar-refractivity contribution >= 4 is 11.3 Å². The molecule has 0 atom stereocenters. The molecule has 1 aromatic heterocycles. The molecular weight excluding hydrogens is 168 g/mol. The van der Waals surface area contributed by atoms with Crippen LogP contribution < -0.4 is 0 Å². The zero-order chi connectivity index (χ0) is 8.97. The fraction of sp³-hybridized carbons (Fsp3) is 0.600. The van der Waals surface area contributed by atoms with Gasteiger partial charge >= 0.3 is 0 Å². The van der Waals surface area contributed by atoms with Crippen LogP contribution in [0.5, 0.6) is 0 Å². The van der Waals surface area contributed by atoms with Gasteiger partial charge in [0.15, 0.2) is 0 Å². The van der Waals surface area contributed by atoms with Crippen molar-refractivity contribution in [3.05, 3.63) is 21.9 Å². The standard InChI is InChI=1S/C10H16OS/c1-4-11-6-9-5-10(8(2)3)12-7-9/h5,7-8H,4,6H2,1-3H3.